The summed E-state index contributed by atoms with van der Waals surface area (Å²) in [5.74, 6) is -0.857. The Bertz CT molecular complexity index is 450. The van der Waals surface area contributed by atoms with Crippen LogP contribution in [0.2, 0.25) is 0 Å². The number of para-hydroxylation sites is 1. The third kappa shape index (κ3) is 2.14. The summed E-state index contributed by atoms with van der Waals surface area (Å²) in [4.78, 5) is 31.2. The number of hydrogen-bond acceptors (Lipinski definition) is 4. The number of carbonyl (C=O) groups excluding carboxylic acids is 2. The molecule has 0 aliphatic rings. The normalized spacial score (nSPS) is 9.33. The van der Waals surface area contributed by atoms with E-state index < -0.39 is 10.7 Å². The highest BCUT2D eigenvalue weighted by molar-refractivity contribution is 6.46. The Hall–Kier alpha value is -2.30. The zero-order valence-electron chi connectivity index (χ0n) is 7.67. The lowest BCUT2D eigenvalue weighted by Gasteiger charge is -2.01. The topological polar surface area (TPSA) is 77.3 Å². The molecule has 0 heterocycles. The molecule has 0 atom stereocenters. The van der Waals surface area contributed by atoms with Crippen LogP contribution in [-0.2, 0) is 9.59 Å². The van der Waals surface area contributed by atoms with Crippen molar-refractivity contribution < 1.29 is 14.5 Å². The van der Waals surface area contributed by atoms with Gasteiger partial charge >= 0.3 is 0 Å². The SMILES string of the molecule is C=C(C(=O)C=O)c1ccccc1[N+](=O)[O-]. The fraction of sp³-hybridized carbons (Fsp3) is 0. The maximum absolute atomic E-state index is 11.0. The fourth-order valence-electron chi connectivity index (χ4n) is 1.09. The molecule has 0 saturated carbocycles. The van der Waals surface area contributed by atoms with Crippen LogP contribution >= 0.6 is 0 Å². The van der Waals surface area contributed by atoms with E-state index in [1.165, 1.54) is 24.3 Å². The van der Waals surface area contributed by atoms with Gasteiger partial charge in [0.1, 0.15) is 0 Å². The van der Waals surface area contributed by atoms with Crippen molar-refractivity contribution in [2.75, 3.05) is 0 Å². The molecule has 0 unspecified atom stereocenters. The lowest BCUT2D eigenvalue weighted by Crippen LogP contribution is -2.04. The van der Waals surface area contributed by atoms with Crippen molar-refractivity contribution in [2.45, 2.75) is 0 Å². The minimum Gasteiger partial charge on any atom is -0.294 e. The number of aldehydes is 1. The summed E-state index contributed by atoms with van der Waals surface area (Å²) in [7, 11) is 0. The molecular formula is C10H7NO4. The second kappa shape index (κ2) is 4.28. The molecule has 0 aliphatic carbocycles. The number of nitro benzene ring substituents is 1. The van der Waals surface area contributed by atoms with Gasteiger partial charge in [0.25, 0.3) is 5.69 Å². The highest BCUT2D eigenvalue weighted by atomic mass is 16.6. The first kappa shape index (κ1) is 10.8. The Morgan fingerprint density at radius 3 is 2.53 bits per heavy atom. The monoisotopic (exact) mass is 205 g/mol. The largest absolute Gasteiger partial charge is 0.294 e. The minimum absolute atomic E-state index is 0.0691. The predicted molar refractivity (Wildman–Crippen MR) is 53.2 cm³/mol. The van der Waals surface area contributed by atoms with Crippen LogP contribution in [0.4, 0.5) is 5.69 Å². The maximum Gasteiger partial charge on any atom is 0.277 e. The Morgan fingerprint density at radius 1 is 1.40 bits per heavy atom. The Labute approximate surface area is 85.2 Å². The molecule has 76 valence electrons. The molecule has 1 rings (SSSR count). The molecule has 1 aromatic rings. The van der Waals surface area contributed by atoms with Gasteiger partial charge in [-0.1, -0.05) is 18.7 Å². The van der Waals surface area contributed by atoms with Gasteiger partial charge in [0.2, 0.25) is 5.78 Å². The summed E-state index contributed by atoms with van der Waals surface area (Å²) in [6, 6.07) is 5.63. The molecular weight excluding hydrogens is 198 g/mol. The average Bonchev–Trinajstić information content (AvgIpc) is 2.27. The number of nitro groups is 1. The highest BCUT2D eigenvalue weighted by Gasteiger charge is 2.18. The number of ketones is 1. The summed E-state index contributed by atoms with van der Waals surface area (Å²) in [5.41, 5.74) is -0.338. The predicted octanol–water partition coefficient (Wildman–Crippen LogP) is 1.38. The molecule has 1 aromatic carbocycles. The number of carbonyl (C=O) groups is 2. The molecule has 5 heteroatoms. The minimum atomic E-state index is -0.857. The Balaban J connectivity index is 3.25. The van der Waals surface area contributed by atoms with Crippen molar-refractivity contribution in [2.24, 2.45) is 0 Å². The third-order valence-electron chi connectivity index (χ3n) is 1.83. The molecule has 0 saturated heterocycles. The molecule has 0 radical (unpaired) electrons. The number of hydrogen-bond donors (Lipinski definition) is 0. The summed E-state index contributed by atoms with van der Waals surface area (Å²) < 4.78 is 0. The van der Waals surface area contributed by atoms with Crippen molar-refractivity contribution in [1.29, 1.82) is 0 Å². The van der Waals surface area contributed by atoms with E-state index in [2.05, 4.69) is 6.58 Å². The molecule has 5 nitrogen and oxygen atoms in total. The van der Waals surface area contributed by atoms with Crippen LogP contribution in [0.1, 0.15) is 5.56 Å². The molecule has 0 aromatic heterocycles. The van der Waals surface area contributed by atoms with Gasteiger partial charge in [-0.15, -0.1) is 0 Å². The van der Waals surface area contributed by atoms with E-state index in [-0.39, 0.29) is 23.1 Å². The molecule has 0 bridgehead atoms. The van der Waals surface area contributed by atoms with E-state index in [4.69, 9.17) is 0 Å². The van der Waals surface area contributed by atoms with Crippen LogP contribution in [0.5, 0.6) is 0 Å². The smallest absolute Gasteiger partial charge is 0.277 e. The summed E-state index contributed by atoms with van der Waals surface area (Å²) in [6.45, 7) is 3.35. The molecule has 0 fully saturated rings. The van der Waals surface area contributed by atoms with Gasteiger partial charge in [0.05, 0.1) is 10.5 Å². The van der Waals surface area contributed by atoms with E-state index in [0.717, 1.165) is 0 Å². The van der Waals surface area contributed by atoms with Crippen molar-refractivity contribution in [1.82, 2.24) is 0 Å². The molecule has 0 spiro atoms. The first-order chi connectivity index (χ1) is 7.07. The van der Waals surface area contributed by atoms with Gasteiger partial charge in [-0.3, -0.25) is 19.7 Å². The Morgan fingerprint density at radius 2 is 2.00 bits per heavy atom. The quantitative estimate of drug-likeness (QED) is 0.244. The number of allylic oxidation sites excluding steroid dienone is 1. The van der Waals surface area contributed by atoms with Crippen LogP contribution in [0.3, 0.4) is 0 Å². The van der Waals surface area contributed by atoms with Crippen molar-refractivity contribution in [3.05, 3.63) is 46.5 Å². The van der Waals surface area contributed by atoms with E-state index in [9.17, 15) is 19.7 Å². The summed E-state index contributed by atoms with van der Waals surface area (Å²) in [5, 5.41) is 10.6. The van der Waals surface area contributed by atoms with Crippen LogP contribution in [-0.4, -0.2) is 17.0 Å². The Kier molecular flexibility index (Phi) is 3.07. The van der Waals surface area contributed by atoms with Crippen molar-refractivity contribution in [3.8, 4) is 0 Å². The number of benzene rings is 1. The van der Waals surface area contributed by atoms with Crippen LogP contribution in [0.25, 0.3) is 5.57 Å². The fourth-order valence-corrected chi connectivity index (χ4v) is 1.09. The first-order valence-corrected chi connectivity index (χ1v) is 4.00. The standard InChI is InChI=1S/C10H7NO4/c1-7(10(13)6-12)8-4-2-3-5-9(8)11(14)15/h2-6H,1H2. The summed E-state index contributed by atoms with van der Waals surface area (Å²) >= 11 is 0. The van der Waals surface area contributed by atoms with Crippen LogP contribution in [0, 0.1) is 10.1 Å². The van der Waals surface area contributed by atoms with Gasteiger partial charge in [-0.2, -0.15) is 0 Å². The van der Waals surface area contributed by atoms with E-state index in [1.54, 1.807) is 0 Å². The maximum atomic E-state index is 11.0. The van der Waals surface area contributed by atoms with Gasteiger partial charge in [0.15, 0.2) is 6.29 Å². The summed E-state index contributed by atoms with van der Waals surface area (Å²) in [6.07, 6.45) is 0.0824. The highest BCUT2D eigenvalue weighted by Crippen LogP contribution is 2.24. The second-order valence-corrected chi connectivity index (χ2v) is 2.73. The number of nitrogens with zero attached hydrogens (tertiary/aromatic N) is 1. The van der Waals surface area contributed by atoms with E-state index in [1.807, 2.05) is 0 Å². The van der Waals surface area contributed by atoms with Crippen molar-refractivity contribution >= 4 is 23.3 Å². The van der Waals surface area contributed by atoms with Gasteiger partial charge in [-0.05, 0) is 6.07 Å². The van der Waals surface area contributed by atoms with Crippen LogP contribution in [0.15, 0.2) is 30.8 Å². The second-order valence-electron chi connectivity index (χ2n) is 2.73. The van der Waals surface area contributed by atoms with Gasteiger partial charge < -0.3 is 0 Å². The zero-order valence-corrected chi connectivity index (χ0v) is 7.67. The van der Waals surface area contributed by atoms with Gasteiger partial charge in [0, 0.05) is 11.6 Å². The van der Waals surface area contributed by atoms with E-state index in [0.29, 0.717) is 0 Å². The van der Waals surface area contributed by atoms with Crippen LogP contribution < -0.4 is 0 Å². The number of Topliss-reactive ketones (excluding diaryl/α,β-unsaturated/α-hetero) is 1. The van der Waals surface area contributed by atoms with Crippen molar-refractivity contribution in [3.63, 3.8) is 0 Å². The zero-order chi connectivity index (χ0) is 11.4. The molecule has 0 N–H and O–H groups in total. The molecule has 0 aliphatic heterocycles. The molecule has 15 heavy (non-hydrogen) atoms. The lowest BCUT2D eigenvalue weighted by molar-refractivity contribution is -0.385. The molecule has 0 amide bonds. The number of rotatable bonds is 4. The first-order valence-electron chi connectivity index (χ1n) is 4.00. The lowest BCUT2D eigenvalue weighted by atomic mass is 10.0. The average molecular weight is 205 g/mol. The van der Waals surface area contributed by atoms with Gasteiger partial charge in [-0.25, -0.2) is 0 Å². The van der Waals surface area contributed by atoms with E-state index >= 15 is 0 Å². The third-order valence-corrected chi connectivity index (χ3v) is 1.83.